The topological polar surface area (TPSA) is 30.4 Å². The van der Waals surface area contributed by atoms with Crippen molar-refractivity contribution in [1.29, 1.82) is 0 Å². The summed E-state index contributed by atoms with van der Waals surface area (Å²) in [7, 11) is 0. The van der Waals surface area contributed by atoms with Crippen LogP contribution in [0.4, 0.5) is 5.69 Å². The lowest BCUT2D eigenvalue weighted by Gasteiger charge is -2.04. The SMILES string of the molecule is [C-]#[N+]c1ccc2c(c1)oc1c(-c3cc4ccccc4cn3)cccc12. The number of nitrogens with zero attached hydrogens (tertiary/aromatic N) is 2. The second kappa shape index (κ2) is 5.19. The quantitative estimate of drug-likeness (QED) is 0.337. The summed E-state index contributed by atoms with van der Waals surface area (Å²) in [6.07, 6.45) is 1.89. The highest BCUT2D eigenvalue weighted by Crippen LogP contribution is 2.37. The number of aromatic nitrogens is 1. The van der Waals surface area contributed by atoms with E-state index < -0.39 is 0 Å². The fraction of sp³-hybridized carbons (Fsp3) is 0. The molecule has 5 rings (SSSR count). The van der Waals surface area contributed by atoms with E-state index in [0.717, 1.165) is 44.0 Å². The van der Waals surface area contributed by atoms with E-state index >= 15 is 0 Å². The summed E-state index contributed by atoms with van der Waals surface area (Å²) in [6, 6.07) is 21.9. The van der Waals surface area contributed by atoms with Gasteiger partial charge in [-0.05, 0) is 23.6 Å². The van der Waals surface area contributed by atoms with E-state index in [1.165, 1.54) is 0 Å². The molecule has 0 unspecified atom stereocenters. The van der Waals surface area contributed by atoms with Crippen molar-refractivity contribution in [2.24, 2.45) is 0 Å². The predicted octanol–water partition coefficient (Wildman–Crippen LogP) is 6.35. The van der Waals surface area contributed by atoms with Crippen molar-refractivity contribution in [1.82, 2.24) is 4.98 Å². The highest BCUT2D eigenvalue weighted by molar-refractivity contribution is 6.10. The van der Waals surface area contributed by atoms with Crippen LogP contribution in [-0.2, 0) is 0 Å². The molecule has 0 spiro atoms. The van der Waals surface area contributed by atoms with Crippen molar-refractivity contribution < 1.29 is 4.42 Å². The van der Waals surface area contributed by atoms with Gasteiger partial charge in [0.2, 0.25) is 0 Å². The first-order valence-electron chi connectivity index (χ1n) is 8.01. The van der Waals surface area contributed by atoms with Crippen molar-refractivity contribution in [2.75, 3.05) is 0 Å². The molecule has 2 aromatic heterocycles. The second-order valence-electron chi connectivity index (χ2n) is 5.99. The molecule has 0 saturated heterocycles. The van der Waals surface area contributed by atoms with Crippen molar-refractivity contribution >= 4 is 38.4 Å². The van der Waals surface area contributed by atoms with Crippen LogP contribution in [0, 0.1) is 6.57 Å². The minimum Gasteiger partial charge on any atom is -0.457 e. The Kier molecular flexibility index (Phi) is 2.86. The molecule has 0 saturated carbocycles. The number of rotatable bonds is 1. The molecule has 0 N–H and O–H groups in total. The maximum atomic E-state index is 7.18. The van der Waals surface area contributed by atoms with Gasteiger partial charge in [0, 0.05) is 27.9 Å². The monoisotopic (exact) mass is 320 g/mol. The van der Waals surface area contributed by atoms with Gasteiger partial charge in [0.15, 0.2) is 5.69 Å². The third-order valence-corrected chi connectivity index (χ3v) is 4.52. The Morgan fingerprint density at radius 2 is 1.72 bits per heavy atom. The summed E-state index contributed by atoms with van der Waals surface area (Å²) in [4.78, 5) is 8.11. The van der Waals surface area contributed by atoms with Gasteiger partial charge < -0.3 is 4.42 Å². The lowest BCUT2D eigenvalue weighted by molar-refractivity contribution is 0.670. The number of benzene rings is 3. The molecular weight excluding hydrogens is 308 g/mol. The van der Waals surface area contributed by atoms with E-state index in [4.69, 9.17) is 11.0 Å². The molecule has 3 nitrogen and oxygen atoms in total. The van der Waals surface area contributed by atoms with E-state index in [9.17, 15) is 0 Å². The van der Waals surface area contributed by atoms with Crippen LogP contribution in [0.15, 0.2) is 77.3 Å². The maximum Gasteiger partial charge on any atom is 0.190 e. The number of para-hydroxylation sites is 1. The Morgan fingerprint density at radius 1 is 0.840 bits per heavy atom. The lowest BCUT2D eigenvalue weighted by atomic mass is 10.0. The van der Waals surface area contributed by atoms with Gasteiger partial charge in [0.25, 0.3) is 0 Å². The summed E-state index contributed by atoms with van der Waals surface area (Å²) < 4.78 is 6.11. The van der Waals surface area contributed by atoms with E-state index in [1.807, 2.05) is 48.7 Å². The molecule has 3 heteroatoms. The van der Waals surface area contributed by atoms with Crippen LogP contribution < -0.4 is 0 Å². The van der Waals surface area contributed by atoms with Crippen LogP contribution in [0.2, 0.25) is 0 Å². The number of furan rings is 1. The van der Waals surface area contributed by atoms with Crippen LogP contribution in [0.25, 0.3) is 48.8 Å². The standard InChI is InChI=1S/C22H12N2O/c1-23-16-9-10-17-18-7-4-8-19(22(18)25-21(17)12-16)20-11-14-5-2-3-6-15(14)13-24-20/h2-13H. The Labute approximate surface area is 144 Å². The van der Waals surface area contributed by atoms with Crippen molar-refractivity contribution in [3.8, 4) is 11.3 Å². The van der Waals surface area contributed by atoms with Gasteiger partial charge in [-0.15, -0.1) is 0 Å². The zero-order chi connectivity index (χ0) is 16.8. The molecule has 0 amide bonds. The molecule has 116 valence electrons. The third-order valence-electron chi connectivity index (χ3n) is 4.52. The largest absolute Gasteiger partial charge is 0.457 e. The molecule has 25 heavy (non-hydrogen) atoms. The molecule has 0 aliphatic heterocycles. The first-order valence-corrected chi connectivity index (χ1v) is 8.01. The summed E-state index contributed by atoms with van der Waals surface area (Å²) in [5.41, 5.74) is 3.97. The molecule has 0 aliphatic carbocycles. The molecular formula is C22H12N2O. The lowest BCUT2D eigenvalue weighted by Crippen LogP contribution is -1.84. The molecule has 2 heterocycles. The molecule has 0 aliphatic rings. The summed E-state index contributed by atoms with van der Waals surface area (Å²) >= 11 is 0. The van der Waals surface area contributed by atoms with Crippen LogP contribution in [0.5, 0.6) is 0 Å². The number of fused-ring (bicyclic) bond motifs is 4. The van der Waals surface area contributed by atoms with E-state index in [-0.39, 0.29) is 0 Å². The Bertz CT molecular complexity index is 1310. The average molecular weight is 320 g/mol. The van der Waals surface area contributed by atoms with E-state index in [0.29, 0.717) is 5.69 Å². The first kappa shape index (κ1) is 13.8. The van der Waals surface area contributed by atoms with Crippen LogP contribution in [0.1, 0.15) is 0 Å². The summed E-state index contributed by atoms with van der Waals surface area (Å²) in [6.45, 7) is 7.18. The molecule has 3 aromatic carbocycles. The average Bonchev–Trinajstić information content (AvgIpc) is 3.05. The first-order chi connectivity index (χ1) is 12.3. The Hall–Kier alpha value is -3.64. The molecule has 0 fully saturated rings. The Balaban J connectivity index is 1.81. The van der Waals surface area contributed by atoms with Crippen molar-refractivity contribution in [2.45, 2.75) is 0 Å². The third kappa shape index (κ3) is 2.09. The fourth-order valence-corrected chi connectivity index (χ4v) is 3.29. The highest BCUT2D eigenvalue weighted by atomic mass is 16.3. The van der Waals surface area contributed by atoms with Gasteiger partial charge >= 0.3 is 0 Å². The van der Waals surface area contributed by atoms with Gasteiger partial charge in [-0.1, -0.05) is 48.5 Å². The van der Waals surface area contributed by atoms with Crippen molar-refractivity contribution in [3.05, 3.63) is 84.3 Å². The smallest absolute Gasteiger partial charge is 0.190 e. The minimum atomic E-state index is 0.580. The number of pyridine rings is 1. The van der Waals surface area contributed by atoms with Crippen LogP contribution in [0.3, 0.4) is 0 Å². The summed E-state index contributed by atoms with van der Waals surface area (Å²) in [5.74, 6) is 0. The van der Waals surface area contributed by atoms with E-state index in [1.54, 1.807) is 6.07 Å². The normalized spacial score (nSPS) is 11.2. The zero-order valence-corrected chi connectivity index (χ0v) is 13.2. The van der Waals surface area contributed by atoms with Gasteiger partial charge in [-0.25, -0.2) is 4.85 Å². The Morgan fingerprint density at radius 3 is 2.60 bits per heavy atom. The molecule has 0 radical (unpaired) electrons. The fourth-order valence-electron chi connectivity index (χ4n) is 3.29. The van der Waals surface area contributed by atoms with Gasteiger partial charge in [-0.3, -0.25) is 4.98 Å². The van der Waals surface area contributed by atoms with Crippen molar-refractivity contribution in [3.63, 3.8) is 0 Å². The van der Waals surface area contributed by atoms with Gasteiger partial charge in [0.1, 0.15) is 11.2 Å². The highest BCUT2D eigenvalue weighted by Gasteiger charge is 2.13. The number of hydrogen-bond acceptors (Lipinski definition) is 2. The van der Waals surface area contributed by atoms with Gasteiger partial charge in [-0.2, -0.15) is 0 Å². The molecule has 0 atom stereocenters. The second-order valence-corrected chi connectivity index (χ2v) is 5.99. The molecule has 5 aromatic rings. The van der Waals surface area contributed by atoms with E-state index in [2.05, 4.69) is 28.0 Å². The number of hydrogen-bond donors (Lipinski definition) is 0. The maximum absolute atomic E-state index is 7.18. The zero-order valence-electron chi connectivity index (χ0n) is 13.2. The summed E-state index contributed by atoms with van der Waals surface area (Å²) in [5, 5.41) is 4.32. The minimum absolute atomic E-state index is 0.580. The van der Waals surface area contributed by atoms with Gasteiger partial charge in [0.05, 0.1) is 12.3 Å². The predicted molar refractivity (Wildman–Crippen MR) is 101 cm³/mol. The molecule has 0 bridgehead atoms. The van der Waals surface area contributed by atoms with Crippen LogP contribution in [-0.4, -0.2) is 4.98 Å². The van der Waals surface area contributed by atoms with Crippen LogP contribution >= 0.6 is 0 Å².